The normalized spacial score (nSPS) is 11.4. The Morgan fingerprint density at radius 2 is 1.91 bits per heavy atom. The highest BCUT2D eigenvalue weighted by atomic mass is 32.2. The molecular formula is C16H20N2O3S2. The van der Waals surface area contributed by atoms with E-state index in [-0.39, 0.29) is 11.7 Å². The first kappa shape index (κ1) is 17.6. The highest BCUT2D eigenvalue weighted by molar-refractivity contribution is 7.90. The lowest BCUT2D eigenvalue weighted by atomic mass is 10.1. The Morgan fingerprint density at radius 3 is 2.48 bits per heavy atom. The third-order valence-corrected chi connectivity index (χ3v) is 5.36. The SMILES string of the molecule is Cc1ncsc1CCC(=O)Nc1ccc(CCS(C)(=O)=O)cc1. The molecule has 0 aliphatic rings. The summed E-state index contributed by atoms with van der Waals surface area (Å²) >= 11 is 1.57. The molecule has 1 aromatic carbocycles. The maximum atomic E-state index is 12.0. The molecule has 0 bridgehead atoms. The first-order chi connectivity index (χ1) is 10.8. The van der Waals surface area contributed by atoms with Crippen molar-refractivity contribution in [3.05, 3.63) is 45.9 Å². The van der Waals surface area contributed by atoms with Gasteiger partial charge in [-0.1, -0.05) is 12.1 Å². The van der Waals surface area contributed by atoms with E-state index in [1.165, 1.54) is 6.26 Å². The lowest BCUT2D eigenvalue weighted by Crippen LogP contribution is -2.12. The zero-order valence-corrected chi connectivity index (χ0v) is 14.8. The number of aromatic nitrogens is 1. The summed E-state index contributed by atoms with van der Waals surface area (Å²) in [4.78, 5) is 17.3. The molecule has 0 saturated carbocycles. The van der Waals surface area contributed by atoms with Gasteiger partial charge >= 0.3 is 0 Å². The number of benzene rings is 1. The molecule has 0 spiro atoms. The average molecular weight is 352 g/mol. The van der Waals surface area contributed by atoms with Crippen molar-refractivity contribution in [3.63, 3.8) is 0 Å². The van der Waals surface area contributed by atoms with Crippen molar-refractivity contribution in [2.75, 3.05) is 17.3 Å². The predicted molar refractivity (Wildman–Crippen MR) is 93.7 cm³/mol. The molecule has 2 aromatic rings. The van der Waals surface area contributed by atoms with E-state index in [0.717, 1.165) is 21.8 Å². The monoisotopic (exact) mass is 352 g/mol. The molecule has 23 heavy (non-hydrogen) atoms. The van der Waals surface area contributed by atoms with Gasteiger partial charge in [0.05, 0.1) is 17.0 Å². The second-order valence-corrected chi connectivity index (χ2v) is 8.68. The Balaban J connectivity index is 1.83. The van der Waals surface area contributed by atoms with E-state index in [1.807, 2.05) is 19.1 Å². The Labute approximate surface area is 140 Å². The van der Waals surface area contributed by atoms with Crippen molar-refractivity contribution in [3.8, 4) is 0 Å². The number of nitrogens with one attached hydrogen (secondary N) is 1. The number of anilines is 1. The van der Waals surface area contributed by atoms with Crippen molar-refractivity contribution in [2.45, 2.75) is 26.2 Å². The fraction of sp³-hybridized carbons (Fsp3) is 0.375. The van der Waals surface area contributed by atoms with Gasteiger partial charge in [-0.25, -0.2) is 13.4 Å². The minimum Gasteiger partial charge on any atom is -0.326 e. The zero-order valence-electron chi connectivity index (χ0n) is 13.2. The molecule has 124 valence electrons. The number of rotatable bonds is 7. The third kappa shape index (κ3) is 6.11. The predicted octanol–water partition coefficient (Wildman–Crippen LogP) is 2.61. The Kier molecular flexibility index (Phi) is 5.90. The summed E-state index contributed by atoms with van der Waals surface area (Å²) < 4.78 is 22.3. The van der Waals surface area contributed by atoms with Crippen molar-refractivity contribution in [1.82, 2.24) is 4.98 Å². The minimum atomic E-state index is -2.96. The summed E-state index contributed by atoms with van der Waals surface area (Å²) in [5.41, 5.74) is 4.43. The highest BCUT2D eigenvalue weighted by Crippen LogP contribution is 2.15. The van der Waals surface area contributed by atoms with Crippen LogP contribution in [0, 0.1) is 6.92 Å². The van der Waals surface area contributed by atoms with Crippen molar-refractivity contribution in [2.24, 2.45) is 0 Å². The molecule has 0 aliphatic heterocycles. The number of sulfone groups is 1. The lowest BCUT2D eigenvalue weighted by Gasteiger charge is -2.06. The molecule has 0 fully saturated rings. The van der Waals surface area contributed by atoms with E-state index >= 15 is 0 Å². The molecule has 5 nitrogen and oxygen atoms in total. The van der Waals surface area contributed by atoms with Crippen molar-refractivity contribution in [1.29, 1.82) is 0 Å². The standard InChI is InChI=1S/C16H20N2O3S2/c1-12-15(22-11-17-12)7-8-16(19)18-14-5-3-13(4-6-14)9-10-23(2,20)21/h3-6,11H,7-10H2,1-2H3,(H,18,19). The number of hydrogen-bond acceptors (Lipinski definition) is 5. The molecule has 2 rings (SSSR count). The summed E-state index contributed by atoms with van der Waals surface area (Å²) in [5, 5.41) is 2.85. The lowest BCUT2D eigenvalue weighted by molar-refractivity contribution is -0.116. The highest BCUT2D eigenvalue weighted by Gasteiger charge is 2.07. The van der Waals surface area contributed by atoms with Gasteiger partial charge in [-0.2, -0.15) is 0 Å². The summed E-state index contributed by atoms with van der Waals surface area (Å²) in [5.74, 6) is 0.0917. The maximum Gasteiger partial charge on any atom is 0.224 e. The van der Waals surface area contributed by atoms with Crippen molar-refractivity contribution >= 4 is 32.8 Å². The molecule has 1 amide bonds. The van der Waals surface area contributed by atoms with Crippen LogP contribution in [0.3, 0.4) is 0 Å². The molecule has 7 heteroatoms. The van der Waals surface area contributed by atoms with E-state index in [9.17, 15) is 13.2 Å². The Morgan fingerprint density at radius 1 is 1.22 bits per heavy atom. The van der Waals surface area contributed by atoms with E-state index in [2.05, 4.69) is 10.3 Å². The van der Waals surface area contributed by atoms with Gasteiger partial charge in [0.1, 0.15) is 9.84 Å². The van der Waals surface area contributed by atoms with Crippen LogP contribution in [-0.2, 0) is 27.5 Å². The van der Waals surface area contributed by atoms with Crippen LogP contribution in [0.15, 0.2) is 29.8 Å². The third-order valence-electron chi connectivity index (χ3n) is 3.42. The van der Waals surface area contributed by atoms with Gasteiger partial charge in [0.25, 0.3) is 0 Å². The fourth-order valence-electron chi connectivity index (χ4n) is 2.07. The molecular weight excluding hydrogens is 332 g/mol. The largest absolute Gasteiger partial charge is 0.326 e. The van der Waals surface area contributed by atoms with Gasteiger partial charge in [0, 0.05) is 23.2 Å². The molecule has 0 radical (unpaired) electrons. The van der Waals surface area contributed by atoms with Crippen LogP contribution in [0.25, 0.3) is 0 Å². The molecule has 0 unspecified atom stereocenters. The van der Waals surface area contributed by atoms with Gasteiger partial charge in [0.15, 0.2) is 0 Å². The zero-order chi connectivity index (χ0) is 16.9. The quantitative estimate of drug-likeness (QED) is 0.831. The molecule has 0 aliphatic carbocycles. The molecule has 0 atom stereocenters. The maximum absolute atomic E-state index is 12.0. The first-order valence-electron chi connectivity index (χ1n) is 7.29. The van der Waals surface area contributed by atoms with E-state index in [4.69, 9.17) is 0 Å². The summed E-state index contributed by atoms with van der Waals surface area (Å²) in [6, 6.07) is 7.28. The fourth-order valence-corrected chi connectivity index (χ4v) is 3.46. The Bertz CT molecular complexity index is 765. The molecule has 1 aromatic heterocycles. The van der Waals surface area contributed by atoms with Crippen LogP contribution in [0.5, 0.6) is 0 Å². The van der Waals surface area contributed by atoms with E-state index in [0.29, 0.717) is 19.3 Å². The Hall–Kier alpha value is -1.73. The number of aryl methyl sites for hydroxylation is 3. The van der Waals surface area contributed by atoms with Gasteiger partial charge in [-0.05, 0) is 37.5 Å². The summed E-state index contributed by atoms with van der Waals surface area (Å²) in [6.07, 6.45) is 2.82. The summed E-state index contributed by atoms with van der Waals surface area (Å²) in [7, 11) is -2.96. The van der Waals surface area contributed by atoms with Crippen LogP contribution in [0.2, 0.25) is 0 Å². The average Bonchev–Trinajstić information content (AvgIpc) is 2.89. The summed E-state index contributed by atoms with van der Waals surface area (Å²) in [6.45, 7) is 1.94. The second kappa shape index (κ2) is 7.70. The van der Waals surface area contributed by atoms with Crippen LogP contribution in [-0.4, -0.2) is 31.3 Å². The topological polar surface area (TPSA) is 76.1 Å². The van der Waals surface area contributed by atoms with Gasteiger partial charge < -0.3 is 5.32 Å². The second-order valence-electron chi connectivity index (χ2n) is 5.49. The van der Waals surface area contributed by atoms with Crippen molar-refractivity contribution < 1.29 is 13.2 Å². The van der Waals surface area contributed by atoms with Gasteiger partial charge in [0.2, 0.25) is 5.91 Å². The van der Waals surface area contributed by atoms with Gasteiger partial charge in [-0.15, -0.1) is 11.3 Å². The van der Waals surface area contributed by atoms with Crippen LogP contribution < -0.4 is 5.32 Å². The number of carbonyl (C=O) groups is 1. The minimum absolute atomic E-state index is 0.0401. The molecule has 1 heterocycles. The van der Waals surface area contributed by atoms with Crippen LogP contribution >= 0.6 is 11.3 Å². The number of hydrogen-bond donors (Lipinski definition) is 1. The number of thiazole rings is 1. The smallest absolute Gasteiger partial charge is 0.224 e. The van der Waals surface area contributed by atoms with E-state index < -0.39 is 9.84 Å². The molecule has 0 saturated heterocycles. The number of carbonyl (C=O) groups excluding carboxylic acids is 1. The van der Waals surface area contributed by atoms with Gasteiger partial charge in [-0.3, -0.25) is 4.79 Å². The first-order valence-corrected chi connectivity index (χ1v) is 10.2. The number of nitrogens with zero attached hydrogens (tertiary/aromatic N) is 1. The van der Waals surface area contributed by atoms with Crippen LogP contribution in [0.1, 0.15) is 22.6 Å². The number of amides is 1. The van der Waals surface area contributed by atoms with Crippen LogP contribution in [0.4, 0.5) is 5.69 Å². The molecule has 1 N–H and O–H groups in total. The van der Waals surface area contributed by atoms with E-state index in [1.54, 1.807) is 29.0 Å².